The number of nitrogens with zero attached hydrogens (tertiary/aromatic N) is 3. The van der Waals surface area contributed by atoms with E-state index in [0.717, 1.165) is 0 Å². The smallest absolute Gasteiger partial charge is 0.326 e. The van der Waals surface area contributed by atoms with E-state index in [1.54, 1.807) is 27.7 Å². The summed E-state index contributed by atoms with van der Waals surface area (Å²) in [6.45, 7) is 5.85. The van der Waals surface area contributed by atoms with Gasteiger partial charge in [-0.1, -0.05) is 0 Å². The Kier molecular flexibility index (Phi) is 14.4. The van der Waals surface area contributed by atoms with Gasteiger partial charge in [0.2, 0.25) is 5.91 Å². The molecule has 0 fully saturated rings. The van der Waals surface area contributed by atoms with Crippen LogP contribution in [-0.2, 0) is 41.9 Å². The number of nitrogens with one attached hydrogen (secondary N) is 3. The number of carbonyl (C=O) groups is 7. The molecule has 1 heterocycles. The summed E-state index contributed by atoms with van der Waals surface area (Å²) >= 11 is 0. The summed E-state index contributed by atoms with van der Waals surface area (Å²) in [7, 11) is 0. The highest BCUT2D eigenvalue weighted by atomic mass is 16.4. The quantitative estimate of drug-likeness (QED) is 0.0821. The van der Waals surface area contributed by atoms with E-state index in [9.17, 15) is 43.8 Å². The van der Waals surface area contributed by atoms with Crippen LogP contribution in [0, 0.1) is 5.41 Å². The van der Waals surface area contributed by atoms with E-state index < -0.39 is 84.2 Å². The maximum atomic E-state index is 13.3. The summed E-state index contributed by atoms with van der Waals surface area (Å²) in [5, 5.41) is 53.0. The Labute approximate surface area is 258 Å². The van der Waals surface area contributed by atoms with Gasteiger partial charge in [0.1, 0.15) is 24.5 Å². The summed E-state index contributed by atoms with van der Waals surface area (Å²) < 4.78 is 1.37. The molecule has 0 saturated carbocycles. The number of hydrogen-bond acceptors (Lipinski definition) is 9. The Morgan fingerprint density at radius 3 is 1.93 bits per heavy atom. The molecule has 2 atom stereocenters. The predicted molar refractivity (Wildman–Crippen MR) is 154 cm³/mol. The Morgan fingerprint density at radius 2 is 1.42 bits per heavy atom. The highest BCUT2D eigenvalue weighted by Gasteiger charge is 2.47. The van der Waals surface area contributed by atoms with Crippen molar-refractivity contribution in [2.75, 3.05) is 13.1 Å². The highest BCUT2D eigenvalue weighted by Crippen LogP contribution is 2.37. The van der Waals surface area contributed by atoms with Gasteiger partial charge in [0.15, 0.2) is 0 Å². The standard InChI is InChI=1S/C27H42N6O12/c1-26(2,27(3,4)33(15-21(38)39)13-18-28-11-12-32(18)14-20(36)37)24(44)29-10-6-5-7-16(22(40)41)30-25(45)31-17(23(42)43)8-9-19(34)35/h11-12,16-17H,5-10,13-15H2,1-4H3,(H,29,44)(H,34,35)(H,36,37)(H,38,39)(H,40,41)(H,42,43)(H2,30,31,45)/t16-,17-/m0/s1. The number of imidazole rings is 1. The zero-order chi connectivity index (χ0) is 34.5. The number of amides is 3. The van der Waals surface area contributed by atoms with Crippen LogP contribution in [0.2, 0.25) is 0 Å². The molecule has 1 aromatic rings. The zero-order valence-corrected chi connectivity index (χ0v) is 25.6. The molecule has 3 amide bonds. The van der Waals surface area contributed by atoms with Gasteiger partial charge in [-0.3, -0.25) is 24.1 Å². The van der Waals surface area contributed by atoms with Crippen LogP contribution >= 0.6 is 0 Å². The summed E-state index contributed by atoms with van der Waals surface area (Å²) in [5.41, 5.74) is -2.27. The Bertz CT molecular complexity index is 1240. The van der Waals surface area contributed by atoms with Crippen LogP contribution < -0.4 is 16.0 Å². The first-order chi connectivity index (χ1) is 20.8. The van der Waals surface area contributed by atoms with Crippen molar-refractivity contribution in [2.24, 2.45) is 5.41 Å². The molecule has 0 aliphatic carbocycles. The lowest BCUT2D eigenvalue weighted by Crippen LogP contribution is -2.60. The van der Waals surface area contributed by atoms with Crippen LogP contribution in [0.4, 0.5) is 4.79 Å². The van der Waals surface area contributed by atoms with Crippen molar-refractivity contribution in [3.05, 3.63) is 18.2 Å². The monoisotopic (exact) mass is 642 g/mol. The minimum absolute atomic E-state index is 0.0553. The molecule has 0 radical (unpaired) electrons. The summed E-state index contributed by atoms with van der Waals surface area (Å²) in [6.07, 6.45) is 2.42. The lowest BCUT2D eigenvalue weighted by atomic mass is 9.72. The summed E-state index contributed by atoms with van der Waals surface area (Å²) in [4.78, 5) is 87.6. The van der Waals surface area contributed by atoms with Crippen LogP contribution in [0.25, 0.3) is 0 Å². The molecule has 1 aromatic heterocycles. The van der Waals surface area contributed by atoms with E-state index in [4.69, 9.17) is 15.3 Å². The molecule has 0 aromatic carbocycles. The SMILES string of the molecule is CC(C)(C(=O)NCCCC[C@H](NC(=O)N[C@@H](CCC(=O)O)C(=O)O)C(=O)O)C(C)(C)N(CC(=O)O)Cc1nccn1CC(=O)O. The second-order valence-electron chi connectivity index (χ2n) is 11.4. The van der Waals surface area contributed by atoms with Gasteiger partial charge >= 0.3 is 35.9 Å². The van der Waals surface area contributed by atoms with Crippen LogP contribution in [0.1, 0.15) is 65.6 Å². The van der Waals surface area contributed by atoms with E-state index in [-0.39, 0.29) is 32.5 Å². The predicted octanol–water partition coefficient (Wildman–Crippen LogP) is 0.0160. The van der Waals surface area contributed by atoms with Crippen molar-refractivity contribution in [1.82, 2.24) is 30.4 Å². The number of carboxylic acid groups (broad SMARTS) is 5. The number of rotatable bonds is 21. The highest BCUT2D eigenvalue weighted by molar-refractivity contribution is 5.86. The number of aromatic nitrogens is 2. The van der Waals surface area contributed by atoms with Crippen LogP contribution in [-0.4, -0.2) is 112 Å². The normalized spacial score (nSPS) is 13.0. The maximum absolute atomic E-state index is 13.3. The van der Waals surface area contributed by atoms with Crippen molar-refractivity contribution in [2.45, 2.75) is 90.5 Å². The fourth-order valence-corrected chi connectivity index (χ4v) is 4.28. The number of unbranched alkanes of at least 4 members (excludes halogenated alkanes) is 1. The van der Waals surface area contributed by atoms with E-state index in [1.807, 2.05) is 5.32 Å². The molecular weight excluding hydrogens is 600 g/mol. The van der Waals surface area contributed by atoms with E-state index in [0.29, 0.717) is 12.2 Å². The molecule has 0 bridgehead atoms. The lowest BCUT2D eigenvalue weighted by molar-refractivity contribution is -0.147. The molecule has 1 rings (SSSR count). The van der Waals surface area contributed by atoms with Gasteiger partial charge in [0.25, 0.3) is 0 Å². The first-order valence-corrected chi connectivity index (χ1v) is 14.0. The lowest BCUT2D eigenvalue weighted by Gasteiger charge is -2.47. The first kappa shape index (κ1) is 38.3. The van der Waals surface area contributed by atoms with Crippen molar-refractivity contribution in [3.63, 3.8) is 0 Å². The molecule has 18 nitrogen and oxygen atoms in total. The molecule has 0 aliphatic rings. The average molecular weight is 643 g/mol. The van der Waals surface area contributed by atoms with E-state index >= 15 is 0 Å². The first-order valence-electron chi connectivity index (χ1n) is 14.0. The Balaban J connectivity index is 2.78. The van der Waals surface area contributed by atoms with E-state index in [2.05, 4.69) is 15.6 Å². The number of carbonyl (C=O) groups excluding carboxylic acids is 2. The van der Waals surface area contributed by atoms with Gasteiger partial charge in [0.05, 0.1) is 18.5 Å². The molecule has 8 N–H and O–H groups in total. The zero-order valence-electron chi connectivity index (χ0n) is 25.6. The number of carboxylic acids is 5. The Hall–Kier alpha value is -4.74. The fraction of sp³-hybridized carbons (Fsp3) is 0.630. The molecule has 0 aliphatic heterocycles. The number of urea groups is 1. The molecule has 0 unspecified atom stereocenters. The Morgan fingerprint density at radius 1 is 0.844 bits per heavy atom. The topological polar surface area (TPSA) is 278 Å². The minimum atomic E-state index is -1.53. The van der Waals surface area contributed by atoms with Gasteiger partial charge in [0, 0.05) is 30.9 Å². The molecule has 252 valence electrons. The number of hydrogen-bond donors (Lipinski definition) is 8. The average Bonchev–Trinajstić information content (AvgIpc) is 3.34. The van der Waals surface area contributed by atoms with Gasteiger partial charge < -0.3 is 46.1 Å². The molecule has 45 heavy (non-hydrogen) atoms. The largest absolute Gasteiger partial charge is 0.481 e. The van der Waals surface area contributed by atoms with Crippen molar-refractivity contribution < 1.29 is 59.1 Å². The summed E-state index contributed by atoms with van der Waals surface area (Å²) in [5.74, 6) is -6.50. The molecule has 0 spiro atoms. The van der Waals surface area contributed by atoms with Crippen LogP contribution in [0.3, 0.4) is 0 Å². The van der Waals surface area contributed by atoms with Crippen LogP contribution in [0.15, 0.2) is 12.4 Å². The van der Waals surface area contributed by atoms with Crippen molar-refractivity contribution >= 4 is 41.8 Å². The van der Waals surface area contributed by atoms with Crippen LogP contribution in [0.5, 0.6) is 0 Å². The van der Waals surface area contributed by atoms with Gasteiger partial charge in [-0.25, -0.2) is 19.4 Å². The third kappa shape index (κ3) is 12.0. The fourth-order valence-electron chi connectivity index (χ4n) is 4.28. The second-order valence-corrected chi connectivity index (χ2v) is 11.4. The van der Waals surface area contributed by atoms with E-state index in [1.165, 1.54) is 21.9 Å². The molecule has 18 heteroatoms. The molecular formula is C27H42N6O12. The third-order valence-electron chi connectivity index (χ3n) is 7.71. The molecule has 0 saturated heterocycles. The van der Waals surface area contributed by atoms with Crippen molar-refractivity contribution in [1.29, 1.82) is 0 Å². The van der Waals surface area contributed by atoms with Gasteiger partial charge in [-0.05, 0) is 53.4 Å². The number of aliphatic carboxylic acids is 5. The maximum Gasteiger partial charge on any atom is 0.326 e. The second kappa shape index (κ2) is 16.9. The van der Waals surface area contributed by atoms with Crippen molar-refractivity contribution in [3.8, 4) is 0 Å². The minimum Gasteiger partial charge on any atom is -0.481 e. The van der Waals surface area contributed by atoms with Gasteiger partial charge in [-0.2, -0.15) is 0 Å². The third-order valence-corrected chi connectivity index (χ3v) is 7.71. The van der Waals surface area contributed by atoms with Gasteiger partial charge in [-0.15, -0.1) is 0 Å². The summed E-state index contributed by atoms with van der Waals surface area (Å²) in [6, 6.07) is -4.01.